The summed E-state index contributed by atoms with van der Waals surface area (Å²) in [6, 6.07) is 13.1. The van der Waals surface area contributed by atoms with Crippen molar-refractivity contribution in [2.24, 2.45) is 7.05 Å². The van der Waals surface area contributed by atoms with Crippen LogP contribution in [0.2, 0.25) is 0 Å². The number of hydrogen-bond donors (Lipinski definition) is 2. The largest absolute Gasteiger partial charge is 0.383 e. The molecular weight excluding hydrogens is 474 g/mol. The van der Waals surface area contributed by atoms with Crippen molar-refractivity contribution in [3.05, 3.63) is 74.2 Å². The van der Waals surface area contributed by atoms with Gasteiger partial charge in [-0.1, -0.05) is 48.2 Å². The number of aromatic amines is 1. The molecule has 0 saturated carbocycles. The monoisotopic (exact) mass is 497 g/mol. The summed E-state index contributed by atoms with van der Waals surface area (Å²) in [5.74, 6) is 0.332. The van der Waals surface area contributed by atoms with Gasteiger partial charge in [0.05, 0.1) is 17.2 Å². The zero-order chi connectivity index (χ0) is 24.2. The zero-order valence-corrected chi connectivity index (χ0v) is 20.2. The van der Waals surface area contributed by atoms with Crippen molar-refractivity contribution in [3.8, 4) is 10.7 Å². The van der Waals surface area contributed by atoms with Gasteiger partial charge in [0.2, 0.25) is 5.91 Å². The summed E-state index contributed by atoms with van der Waals surface area (Å²) in [7, 11) is 1.83. The number of thioether (sulfide) groups is 1. The number of anilines is 2. The third kappa shape index (κ3) is 4.68. The van der Waals surface area contributed by atoms with Crippen LogP contribution in [0.25, 0.3) is 10.7 Å². The predicted molar refractivity (Wildman–Crippen MR) is 134 cm³/mol. The first-order valence-corrected chi connectivity index (χ1v) is 12.3. The average Bonchev–Trinajstić information content (AvgIpc) is 3.48. The van der Waals surface area contributed by atoms with E-state index in [1.54, 1.807) is 18.3 Å². The molecule has 4 rings (SSSR count). The molecule has 10 nitrogen and oxygen atoms in total. The molecule has 0 aliphatic heterocycles. The van der Waals surface area contributed by atoms with Crippen LogP contribution in [0.3, 0.4) is 0 Å². The van der Waals surface area contributed by atoms with Crippen molar-refractivity contribution >= 4 is 40.5 Å². The van der Waals surface area contributed by atoms with Crippen LogP contribution in [0.4, 0.5) is 11.5 Å². The lowest BCUT2D eigenvalue weighted by Crippen LogP contribution is -2.41. The number of amides is 1. The molecule has 0 spiro atoms. The van der Waals surface area contributed by atoms with Crippen molar-refractivity contribution in [1.29, 1.82) is 0 Å². The molecule has 0 radical (unpaired) electrons. The minimum Gasteiger partial charge on any atom is -0.383 e. The van der Waals surface area contributed by atoms with Crippen LogP contribution in [0.1, 0.15) is 12.5 Å². The minimum absolute atomic E-state index is 0.0148. The molecule has 0 aliphatic rings. The van der Waals surface area contributed by atoms with Crippen LogP contribution in [-0.4, -0.2) is 42.5 Å². The molecule has 0 atom stereocenters. The minimum atomic E-state index is -0.703. The summed E-state index contributed by atoms with van der Waals surface area (Å²) in [6.45, 7) is 2.11. The van der Waals surface area contributed by atoms with Gasteiger partial charge in [-0.25, -0.2) is 4.79 Å². The van der Waals surface area contributed by atoms with Crippen molar-refractivity contribution in [3.63, 3.8) is 0 Å². The zero-order valence-electron chi connectivity index (χ0n) is 18.6. The van der Waals surface area contributed by atoms with Gasteiger partial charge in [0.1, 0.15) is 5.82 Å². The second kappa shape index (κ2) is 10.1. The number of H-pyrrole nitrogens is 1. The van der Waals surface area contributed by atoms with E-state index in [2.05, 4.69) is 15.2 Å². The van der Waals surface area contributed by atoms with Crippen molar-refractivity contribution in [1.82, 2.24) is 24.3 Å². The lowest BCUT2D eigenvalue weighted by atomic mass is 10.2. The Hall–Kier alpha value is -3.64. The quantitative estimate of drug-likeness (QED) is 0.357. The number of carbonyl (C=O) groups excluding carboxylic acids is 1. The molecule has 0 aliphatic carbocycles. The fourth-order valence-electron chi connectivity index (χ4n) is 3.49. The van der Waals surface area contributed by atoms with Crippen LogP contribution >= 0.6 is 23.1 Å². The number of nitrogens with two attached hydrogens (primary N) is 1. The van der Waals surface area contributed by atoms with Crippen molar-refractivity contribution in [2.75, 3.05) is 22.9 Å². The van der Waals surface area contributed by atoms with Gasteiger partial charge >= 0.3 is 5.69 Å². The molecule has 3 N–H and O–H groups in total. The summed E-state index contributed by atoms with van der Waals surface area (Å²) in [5.41, 5.74) is 5.71. The fraction of sp³-hybridized carbons (Fsp3) is 0.227. The number of nitrogens with one attached hydrogen (secondary N) is 1. The van der Waals surface area contributed by atoms with E-state index >= 15 is 0 Å². The second-order valence-corrected chi connectivity index (χ2v) is 9.22. The van der Waals surface area contributed by atoms with Gasteiger partial charge in [-0.05, 0) is 23.9 Å². The smallest absolute Gasteiger partial charge is 0.330 e. The van der Waals surface area contributed by atoms with Gasteiger partial charge in [0.15, 0.2) is 16.7 Å². The maximum absolute atomic E-state index is 13.1. The first kappa shape index (κ1) is 23.5. The highest BCUT2D eigenvalue weighted by molar-refractivity contribution is 7.99. The molecular formula is C22H23N7O3S2. The molecule has 1 aromatic carbocycles. The average molecular weight is 498 g/mol. The maximum Gasteiger partial charge on any atom is 0.330 e. The second-order valence-electron chi connectivity index (χ2n) is 7.33. The van der Waals surface area contributed by atoms with Crippen LogP contribution in [-0.2, 0) is 18.4 Å². The molecule has 0 unspecified atom stereocenters. The molecule has 0 bridgehead atoms. The highest BCUT2D eigenvalue weighted by Crippen LogP contribution is 2.26. The Morgan fingerprint density at radius 3 is 2.62 bits per heavy atom. The summed E-state index contributed by atoms with van der Waals surface area (Å²) >= 11 is 2.77. The van der Waals surface area contributed by atoms with E-state index in [1.165, 1.54) is 21.2 Å². The summed E-state index contributed by atoms with van der Waals surface area (Å²) in [4.78, 5) is 42.8. The SMILES string of the molecule is CCN(C(=O)CSc1nnc(-c2cccs2)n1C)c1c(N)n(Cc2ccccc2)c(=O)[nH]c1=O. The predicted octanol–water partition coefficient (Wildman–Crippen LogP) is 2.17. The van der Waals surface area contributed by atoms with Crippen LogP contribution in [0, 0.1) is 0 Å². The molecule has 1 amide bonds. The third-order valence-corrected chi connectivity index (χ3v) is 7.06. The van der Waals surface area contributed by atoms with Crippen molar-refractivity contribution in [2.45, 2.75) is 18.6 Å². The molecule has 12 heteroatoms. The first-order chi connectivity index (χ1) is 16.4. The number of nitrogen functional groups attached to an aromatic ring is 1. The Balaban J connectivity index is 1.57. The maximum atomic E-state index is 13.1. The van der Waals surface area contributed by atoms with E-state index in [0.717, 1.165) is 10.4 Å². The van der Waals surface area contributed by atoms with Gasteiger partial charge in [-0.3, -0.25) is 19.1 Å². The Morgan fingerprint density at radius 2 is 1.94 bits per heavy atom. The normalized spacial score (nSPS) is 11.0. The van der Waals surface area contributed by atoms with Gasteiger partial charge < -0.3 is 15.2 Å². The Bertz CT molecular complexity index is 1410. The van der Waals surface area contributed by atoms with E-state index in [1.807, 2.05) is 59.5 Å². The van der Waals surface area contributed by atoms with Gasteiger partial charge in [0.25, 0.3) is 5.56 Å². The lowest BCUT2D eigenvalue weighted by molar-refractivity contribution is -0.116. The molecule has 34 heavy (non-hydrogen) atoms. The lowest BCUT2D eigenvalue weighted by Gasteiger charge is -2.23. The Kier molecular flexibility index (Phi) is 6.98. The standard InChI is InChI=1S/C22H23N7O3S2/c1-3-28(16(30)13-34-22-26-25-19(27(22)2)15-10-7-11-33-15)17-18(23)29(21(32)24-20(17)31)12-14-8-5-4-6-9-14/h4-11H,3,12-13,23H2,1-2H3,(H,24,31,32). The van der Waals surface area contributed by atoms with Gasteiger partial charge in [-0.2, -0.15) is 0 Å². The Morgan fingerprint density at radius 1 is 1.18 bits per heavy atom. The van der Waals surface area contributed by atoms with Gasteiger partial charge in [-0.15, -0.1) is 21.5 Å². The summed E-state index contributed by atoms with van der Waals surface area (Å²) in [5, 5.41) is 10.9. The number of thiophene rings is 1. The number of carbonyl (C=O) groups is 1. The van der Waals surface area contributed by atoms with E-state index in [-0.39, 0.29) is 36.3 Å². The van der Waals surface area contributed by atoms with Crippen molar-refractivity contribution < 1.29 is 4.79 Å². The van der Waals surface area contributed by atoms with Crippen LogP contribution in [0.15, 0.2) is 62.6 Å². The summed E-state index contributed by atoms with van der Waals surface area (Å²) in [6.07, 6.45) is 0. The van der Waals surface area contributed by atoms with E-state index < -0.39 is 11.2 Å². The van der Waals surface area contributed by atoms with E-state index in [9.17, 15) is 14.4 Å². The number of hydrogen-bond acceptors (Lipinski definition) is 8. The fourth-order valence-corrected chi connectivity index (χ4v) is 5.02. The Labute approximate surface area is 203 Å². The van der Waals surface area contributed by atoms with Crippen LogP contribution < -0.4 is 21.9 Å². The molecule has 0 fully saturated rings. The number of rotatable bonds is 8. The van der Waals surface area contributed by atoms with E-state index in [4.69, 9.17) is 5.73 Å². The van der Waals surface area contributed by atoms with Gasteiger partial charge in [0, 0.05) is 13.6 Å². The molecule has 176 valence electrons. The molecule has 3 aromatic heterocycles. The number of aromatic nitrogens is 5. The van der Waals surface area contributed by atoms with E-state index in [0.29, 0.717) is 11.0 Å². The molecule has 3 heterocycles. The summed E-state index contributed by atoms with van der Waals surface area (Å²) < 4.78 is 3.08. The topological polar surface area (TPSA) is 132 Å². The first-order valence-electron chi connectivity index (χ1n) is 10.4. The highest BCUT2D eigenvalue weighted by Gasteiger charge is 2.24. The highest BCUT2D eigenvalue weighted by atomic mass is 32.2. The molecule has 4 aromatic rings. The third-order valence-electron chi connectivity index (χ3n) is 5.19. The number of benzene rings is 1. The molecule has 0 saturated heterocycles. The number of nitrogens with zero attached hydrogens (tertiary/aromatic N) is 5. The van der Waals surface area contributed by atoms with Crippen LogP contribution in [0.5, 0.6) is 0 Å².